The lowest BCUT2D eigenvalue weighted by Gasteiger charge is -2.15. The van der Waals surface area contributed by atoms with Gasteiger partial charge in [0, 0.05) is 18.9 Å². The lowest BCUT2D eigenvalue weighted by atomic mass is 10.1. The molecule has 0 aliphatic carbocycles. The van der Waals surface area contributed by atoms with E-state index >= 15 is 0 Å². The molecule has 0 bridgehead atoms. The minimum atomic E-state index is -4.41. The van der Waals surface area contributed by atoms with Crippen LogP contribution in [0.3, 0.4) is 0 Å². The zero-order chi connectivity index (χ0) is 13.9. The van der Waals surface area contributed by atoms with Gasteiger partial charge in [-0.25, -0.2) is 4.98 Å². The van der Waals surface area contributed by atoms with Crippen LogP contribution in [0.5, 0.6) is 0 Å². The summed E-state index contributed by atoms with van der Waals surface area (Å²) in [6, 6.07) is 5.37. The van der Waals surface area contributed by atoms with Gasteiger partial charge in [0.2, 0.25) is 5.95 Å². The molecule has 0 saturated heterocycles. The standard InChI is InChI=1S/C13H12F3N3/c1-2-7-17-12-18-8-9-19(12)11-6-4-3-5-10(11)13(14,15)16/h2-6,8-9H,1,7H2,(H,17,18). The number of halogens is 3. The largest absolute Gasteiger partial charge is 0.418 e. The number of anilines is 1. The molecule has 0 radical (unpaired) electrons. The molecule has 3 nitrogen and oxygen atoms in total. The molecule has 0 spiro atoms. The van der Waals surface area contributed by atoms with Crippen LogP contribution in [0, 0.1) is 0 Å². The number of benzene rings is 1. The smallest absolute Gasteiger partial charge is 0.352 e. The van der Waals surface area contributed by atoms with E-state index in [1.165, 1.54) is 29.1 Å². The van der Waals surface area contributed by atoms with Crippen LogP contribution in [0.15, 0.2) is 49.3 Å². The zero-order valence-corrected chi connectivity index (χ0v) is 9.98. The van der Waals surface area contributed by atoms with Crippen LogP contribution in [-0.4, -0.2) is 16.1 Å². The van der Waals surface area contributed by atoms with E-state index < -0.39 is 11.7 Å². The first-order valence-electron chi connectivity index (χ1n) is 5.58. The fourth-order valence-electron chi connectivity index (χ4n) is 1.72. The molecule has 0 unspecified atom stereocenters. The van der Waals surface area contributed by atoms with Crippen molar-refractivity contribution in [1.82, 2.24) is 9.55 Å². The Morgan fingerprint density at radius 3 is 2.74 bits per heavy atom. The number of alkyl halides is 3. The second kappa shape index (κ2) is 5.17. The zero-order valence-electron chi connectivity index (χ0n) is 9.98. The molecule has 1 heterocycles. The first-order valence-corrected chi connectivity index (χ1v) is 5.58. The monoisotopic (exact) mass is 267 g/mol. The summed E-state index contributed by atoms with van der Waals surface area (Å²) in [4.78, 5) is 3.99. The lowest BCUT2D eigenvalue weighted by Crippen LogP contribution is -2.12. The predicted octanol–water partition coefficient (Wildman–Crippen LogP) is 3.49. The molecule has 0 atom stereocenters. The van der Waals surface area contributed by atoms with Gasteiger partial charge >= 0.3 is 6.18 Å². The maximum absolute atomic E-state index is 13.0. The number of nitrogens with zero attached hydrogens (tertiary/aromatic N) is 2. The van der Waals surface area contributed by atoms with Gasteiger partial charge in [0.1, 0.15) is 0 Å². The van der Waals surface area contributed by atoms with Crippen molar-refractivity contribution in [3.8, 4) is 5.69 Å². The van der Waals surface area contributed by atoms with E-state index in [4.69, 9.17) is 0 Å². The molecule has 19 heavy (non-hydrogen) atoms. The highest BCUT2D eigenvalue weighted by atomic mass is 19.4. The fourth-order valence-corrected chi connectivity index (χ4v) is 1.72. The van der Waals surface area contributed by atoms with Gasteiger partial charge in [0.15, 0.2) is 0 Å². The van der Waals surface area contributed by atoms with Crippen molar-refractivity contribution in [3.63, 3.8) is 0 Å². The molecule has 6 heteroatoms. The molecule has 0 amide bonds. The van der Waals surface area contributed by atoms with Gasteiger partial charge in [-0.3, -0.25) is 4.57 Å². The minimum absolute atomic E-state index is 0.0408. The normalized spacial score (nSPS) is 11.3. The van der Waals surface area contributed by atoms with Gasteiger partial charge in [-0.2, -0.15) is 13.2 Å². The molecule has 2 rings (SSSR count). The Labute approximate surface area is 108 Å². The Morgan fingerprint density at radius 1 is 1.32 bits per heavy atom. The van der Waals surface area contributed by atoms with Crippen molar-refractivity contribution in [2.24, 2.45) is 0 Å². The highest BCUT2D eigenvalue weighted by Gasteiger charge is 2.33. The van der Waals surface area contributed by atoms with E-state index in [9.17, 15) is 13.2 Å². The number of nitrogens with one attached hydrogen (secondary N) is 1. The van der Waals surface area contributed by atoms with Gasteiger partial charge in [0.25, 0.3) is 0 Å². The van der Waals surface area contributed by atoms with Gasteiger partial charge in [-0.15, -0.1) is 6.58 Å². The van der Waals surface area contributed by atoms with Crippen LogP contribution in [0.4, 0.5) is 19.1 Å². The Bertz CT molecular complexity index is 573. The quantitative estimate of drug-likeness (QED) is 0.859. The van der Waals surface area contributed by atoms with E-state index in [0.29, 0.717) is 12.5 Å². The van der Waals surface area contributed by atoms with Crippen molar-refractivity contribution in [2.75, 3.05) is 11.9 Å². The van der Waals surface area contributed by atoms with Crippen molar-refractivity contribution >= 4 is 5.95 Å². The molecular formula is C13H12F3N3. The van der Waals surface area contributed by atoms with E-state index in [0.717, 1.165) is 6.07 Å². The summed E-state index contributed by atoms with van der Waals surface area (Å²) in [5.41, 5.74) is -0.659. The van der Waals surface area contributed by atoms with Crippen LogP contribution in [0.2, 0.25) is 0 Å². The summed E-state index contributed by atoms with van der Waals surface area (Å²) in [5.74, 6) is 0.344. The van der Waals surface area contributed by atoms with E-state index in [1.54, 1.807) is 12.1 Å². The summed E-state index contributed by atoms with van der Waals surface area (Å²) in [5, 5.41) is 2.89. The summed E-state index contributed by atoms with van der Waals surface area (Å²) < 4.78 is 40.2. The molecule has 100 valence electrons. The molecular weight excluding hydrogens is 255 g/mol. The Hall–Kier alpha value is -2.24. The average molecular weight is 267 g/mol. The second-order valence-corrected chi connectivity index (χ2v) is 3.81. The van der Waals surface area contributed by atoms with Gasteiger partial charge in [0.05, 0.1) is 11.3 Å². The highest BCUT2D eigenvalue weighted by Crippen LogP contribution is 2.34. The van der Waals surface area contributed by atoms with Crippen LogP contribution in [0.1, 0.15) is 5.56 Å². The number of imidazole rings is 1. The number of hydrogen-bond acceptors (Lipinski definition) is 2. The topological polar surface area (TPSA) is 29.9 Å². The first kappa shape index (κ1) is 13.2. The third-order valence-corrected chi connectivity index (χ3v) is 2.51. The second-order valence-electron chi connectivity index (χ2n) is 3.81. The Morgan fingerprint density at radius 2 is 2.05 bits per heavy atom. The molecule has 1 aromatic carbocycles. The minimum Gasteiger partial charge on any atom is -0.352 e. The van der Waals surface area contributed by atoms with Crippen molar-refractivity contribution < 1.29 is 13.2 Å². The molecule has 1 N–H and O–H groups in total. The maximum atomic E-state index is 13.0. The van der Waals surface area contributed by atoms with E-state index in [-0.39, 0.29) is 5.69 Å². The third-order valence-electron chi connectivity index (χ3n) is 2.51. The molecule has 0 aliphatic heterocycles. The van der Waals surface area contributed by atoms with Crippen LogP contribution in [0.25, 0.3) is 5.69 Å². The SMILES string of the molecule is C=CCNc1nccn1-c1ccccc1C(F)(F)F. The number of aromatic nitrogens is 2. The highest BCUT2D eigenvalue weighted by molar-refractivity contribution is 5.48. The van der Waals surface area contributed by atoms with E-state index in [2.05, 4.69) is 16.9 Å². The lowest BCUT2D eigenvalue weighted by molar-refractivity contribution is -0.137. The number of hydrogen-bond donors (Lipinski definition) is 1. The Balaban J connectivity index is 2.48. The molecule has 0 aliphatic rings. The molecule has 2 aromatic rings. The Kier molecular flexibility index (Phi) is 3.59. The van der Waals surface area contributed by atoms with Gasteiger partial charge < -0.3 is 5.32 Å². The van der Waals surface area contributed by atoms with Crippen LogP contribution >= 0.6 is 0 Å². The summed E-state index contributed by atoms with van der Waals surface area (Å²) in [7, 11) is 0. The average Bonchev–Trinajstić information content (AvgIpc) is 2.83. The molecule has 0 saturated carbocycles. The number of para-hydroxylation sites is 1. The summed E-state index contributed by atoms with van der Waals surface area (Å²) in [6.45, 7) is 3.96. The first-order chi connectivity index (χ1) is 9.04. The summed E-state index contributed by atoms with van der Waals surface area (Å²) >= 11 is 0. The fraction of sp³-hybridized carbons (Fsp3) is 0.154. The predicted molar refractivity (Wildman–Crippen MR) is 67.3 cm³/mol. The van der Waals surface area contributed by atoms with E-state index in [1.807, 2.05) is 0 Å². The number of rotatable bonds is 4. The molecule has 0 fully saturated rings. The third kappa shape index (κ3) is 2.78. The van der Waals surface area contributed by atoms with Crippen molar-refractivity contribution in [3.05, 3.63) is 54.9 Å². The van der Waals surface area contributed by atoms with Crippen molar-refractivity contribution in [1.29, 1.82) is 0 Å². The van der Waals surface area contributed by atoms with Gasteiger partial charge in [-0.05, 0) is 12.1 Å². The van der Waals surface area contributed by atoms with Gasteiger partial charge in [-0.1, -0.05) is 18.2 Å². The maximum Gasteiger partial charge on any atom is 0.418 e. The van der Waals surface area contributed by atoms with Crippen LogP contribution in [-0.2, 0) is 6.18 Å². The van der Waals surface area contributed by atoms with Crippen molar-refractivity contribution in [2.45, 2.75) is 6.18 Å². The summed E-state index contributed by atoms with van der Waals surface area (Å²) in [6.07, 6.45) is 0.125. The molecule has 1 aromatic heterocycles. The van der Waals surface area contributed by atoms with Crippen LogP contribution < -0.4 is 5.32 Å².